The van der Waals surface area contributed by atoms with Crippen LogP contribution in [0.15, 0.2) is 42.5 Å². The molecule has 1 aliphatic carbocycles. The Kier molecular flexibility index (Phi) is 3.35. The van der Waals surface area contributed by atoms with Crippen LogP contribution in [0.3, 0.4) is 0 Å². The van der Waals surface area contributed by atoms with E-state index in [1.165, 1.54) is 5.56 Å². The van der Waals surface area contributed by atoms with Gasteiger partial charge in [0.1, 0.15) is 0 Å². The Bertz CT molecular complexity index is 629. The van der Waals surface area contributed by atoms with Crippen molar-refractivity contribution in [3.8, 4) is 0 Å². The topological polar surface area (TPSA) is 20.2 Å². The molecule has 1 aliphatic rings. The van der Waals surface area contributed by atoms with Crippen molar-refractivity contribution in [2.24, 2.45) is 0 Å². The normalized spacial score (nSPS) is 17.8. The first-order chi connectivity index (χ1) is 9.54. The van der Waals surface area contributed by atoms with Crippen LogP contribution >= 0.6 is 11.6 Å². The summed E-state index contributed by atoms with van der Waals surface area (Å²) >= 11 is 6.16. The Morgan fingerprint density at radius 3 is 2.30 bits per heavy atom. The van der Waals surface area contributed by atoms with Crippen molar-refractivity contribution in [3.63, 3.8) is 0 Å². The molecule has 1 saturated carbocycles. The van der Waals surface area contributed by atoms with E-state index in [-0.39, 0.29) is 5.41 Å². The molecule has 0 spiro atoms. The highest BCUT2D eigenvalue weighted by molar-refractivity contribution is 6.31. The fourth-order valence-corrected chi connectivity index (χ4v) is 3.24. The van der Waals surface area contributed by atoms with Gasteiger partial charge in [-0.2, -0.15) is 0 Å². The average molecular weight is 287 g/mol. The van der Waals surface area contributed by atoms with Gasteiger partial charge < -0.3 is 5.11 Å². The summed E-state index contributed by atoms with van der Waals surface area (Å²) in [6, 6.07) is 14.3. The second kappa shape index (κ2) is 4.91. The molecule has 0 radical (unpaired) electrons. The Morgan fingerprint density at radius 1 is 1.05 bits per heavy atom. The molecule has 0 aliphatic heterocycles. The van der Waals surface area contributed by atoms with Crippen LogP contribution in [0.4, 0.5) is 0 Å². The smallest absolute Gasteiger partial charge is 0.0889 e. The Labute approximate surface area is 125 Å². The van der Waals surface area contributed by atoms with Crippen molar-refractivity contribution in [2.75, 3.05) is 0 Å². The largest absolute Gasteiger partial charge is 0.387 e. The Hall–Kier alpha value is -1.31. The highest BCUT2D eigenvalue weighted by atomic mass is 35.5. The molecule has 2 heteroatoms. The minimum absolute atomic E-state index is 0.105. The number of aliphatic hydroxyl groups is 1. The Morgan fingerprint density at radius 2 is 1.70 bits per heavy atom. The quantitative estimate of drug-likeness (QED) is 0.865. The predicted octanol–water partition coefficient (Wildman–Crippen LogP) is 4.72. The van der Waals surface area contributed by atoms with Gasteiger partial charge in [0, 0.05) is 10.4 Å². The van der Waals surface area contributed by atoms with E-state index < -0.39 is 6.10 Å². The van der Waals surface area contributed by atoms with Crippen LogP contribution < -0.4 is 0 Å². The third kappa shape index (κ3) is 2.15. The third-order valence-electron chi connectivity index (χ3n) is 4.50. The molecule has 0 aromatic heterocycles. The van der Waals surface area contributed by atoms with Gasteiger partial charge in [0.15, 0.2) is 0 Å². The van der Waals surface area contributed by atoms with Gasteiger partial charge in [-0.05, 0) is 55.0 Å². The number of rotatable bonds is 3. The van der Waals surface area contributed by atoms with Crippen LogP contribution in [0.1, 0.15) is 41.2 Å². The van der Waals surface area contributed by atoms with Crippen LogP contribution in [-0.2, 0) is 5.41 Å². The lowest BCUT2D eigenvalue weighted by atomic mass is 9.84. The van der Waals surface area contributed by atoms with E-state index in [1.807, 2.05) is 44.2 Å². The van der Waals surface area contributed by atoms with Crippen LogP contribution in [0.5, 0.6) is 0 Å². The van der Waals surface area contributed by atoms with Gasteiger partial charge >= 0.3 is 0 Å². The zero-order chi connectivity index (χ0) is 14.3. The fourth-order valence-electron chi connectivity index (χ4n) is 3.02. The third-order valence-corrected chi connectivity index (χ3v) is 4.91. The molecule has 20 heavy (non-hydrogen) atoms. The molecular weight excluding hydrogens is 268 g/mol. The molecule has 2 aromatic rings. The van der Waals surface area contributed by atoms with Crippen molar-refractivity contribution >= 4 is 11.6 Å². The molecule has 3 rings (SSSR count). The van der Waals surface area contributed by atoms with Gasteiger partial charge in [-0.3, -0.25) is 0 Å². The van der Waals surface area contributed by atoms with E-state index in [0.717, 1.165) is 34.6 Å². The van der Waals surface area contributed by atoms with Crippen molar-refractivity contribution in [2.45, 2.75) is 38.2 Å². The van der Waals surface area contributed by atoms with E-state index in [0.29, 0.717) is 0 Å². The number of hydrogen-bond acceptors (Lipinski definition) is 1. The van der Waals surface area contributed by atoms with Crippen LogP contribution in [0.25, 0.3) is 0 Å². The first kappa shape index (κ1) is 13.7. The van der Waals surface area contributed by atoms with E-state index in [9.17, 15) is 5.11 Å². The highest BCUT2D eigenvalue weighted by Crippen LogP contribution is 2.57. The molecule has 0 saturated heterocycles. The maximum absolute atomic E-state index is 10.9. The summed E-state index contributed by atoms with van der Waals surface area (Å²) in [6.45, 7) is 4.00. The van der Waals surface area contributed by atoms with Gasteiger partial charge in [-0.1, -0.05) is 48.0 Å². The first-order valence-corrected chi connectivity index (χ1v) is 7.42. The fraction of sp³-hybridized carbons (Fsp3) is 0.333. The number of halogens is 1. The van der Waals surface area contributed by atoms with Gasteiger partial charge in [0.25, 0.3) is 0 Å². The summed E-state index contributed by atoms with van der Waals surface area (Å²) in [5, 5.41) is 11.7. The van der Waals surface area contributed by atoms with Crippen molar-refractivity contribution in [3.05, 3.63) is 69.7 Å². The molecule has 1 N–H and O–H groups in total. The number of aliphatic hydroxyl groups excluding tert-OH is 1. The molecule has 2 aromatic carbocycles. The summed E-state index contributed by atoms with van der Waals surface area (Å²) in [4.78, 5) is 0. The van der Waals surface area contributed by atoms with Crippen LogP contribution in [0, 0.1) is 13.8 Å². The molecule has 1 nitrogen and oxygen atoms in total. The molecule has 104 valence electrons. The van der Waals surface area contributed by atoms with Gasteiger partial charge in [-0.15, -0.1) is 0 Å². The maximum Gasteiger partial charge on any atom is 0.0889 e. The molecule has 1 unspecified atom stereocenters. The lowest BCUT2D eigenvalue weighted by Crippen LogP contribution is -2.19. The first-order valence-electron chi connectivity index (χ1n) is 7.05. The zero-order valence-electron chi connectivity index (χ0n) is 11.9. The summed E-state index contributed by atoms with van der Waals surface area (Å²) < 4.78 is 0. The molecule has 1 atom stereocenters. The highest BCUT2D eigenvalue weighted by Gasteiger charge is 2.51. The molecule has 0 heterocycles. The minimum atomic E-state index is -0.458. The van der Waals surface area contributed by atoms with E-state index in [4.69, 9.17) is 11.6 Å². The lowest BCUT2D eigenvalue weighted by Gasteiger charge is -2.25. The van der Waals surface area contributed by atoms with Crippen LogP contribution in [-0.4, -0.2) is 5.11 Å². The van der Waals surface area contributed by atoms with Crippen LogP contribution in [0.2, 0.25) is 5.02 Å². The van der Waals surface area contributed by atoms with E-state index in [1.54, 1.807) is 0 Å². The van der Waals surface area contributed by atoms with E-state index >= 15 is 0 Å². The van der Waals surface area contributed by atoms with Gasteiger partial charge in [-0.25, -0.2) is 0 Å². The van der Waals surface area contributed by atoms with Gasteiger partial charge in [0.2, 0.25) is 0 Å². The SMILES string of the molecule is Cc1cc(C(O)C2(c3ccccc3)CC2)c(C)cc1Cl. The average Bonchev–Trinajstić information content (AvgIpc) is 3.25. The number of hydrogen-bond donors (Lipinski definition) is 1. The van der Waals surface area contributed by atoms with Gasteiger partial charge in [0.05, 0.1) is 6.10 Å². The molecule has 1 fully saturated rings. The lowest BCUT2D eigenvalue weighted by molar-refractivity contribution is 0.132. The second-order valence-corrected chi connectivity index (χ2v) is 6.29. The number of aryl methyl sites for hydroxylation is 2. The molecule has 0 amide bonds. The Balaban J connectivity index is 2.01. The predicted molar refractivity (Wildman–Crippen MR) is 83.2 cm³/mol. The zero-order valence-corrected chi connectivity index (χ0v) is 12.6. The summed E-state index contributed by atoms with van der Waals surface area (Å²) in [5.41, 5.74) is 4.23. The summed E-state index contributed by atoms with van der Waals surface area (Å²) in [7, 11) is 0. The standard InChI is InChI=1S/C18H19ClO/c1-12-11-16(19)13(2)10-15(12)17(20)18(8-9-18)14-6-4-3-5-7-14/h3-7,10-11,17,20H,8-9H2,1-2H3. The minimum Gasteiger partial charge on any atom is -0.387 e. The summed E-state index contributed by atoms with van der Waals surface area (Å²) in [6.07, 6.45) is 1.62. The summed E-state index contributed by atoms with van der Waals surface area (Å²) in [5.74, 6) is 0. The maximum atomic E-state index is 10.9. The molecule has 0 bridgehead atoms. The second-order valence-electron chi connectivity index (χ2n) is 5.88. The number of benzene rings is 2. The molecular formula is C18H19ClO. The van der Waals surface area contributed by atoms with Crippen molar-refractivity contribution in [1.82, 2.24) is 0 Å². The monoisotopic (exact) mass is 286 g/mol. The van der Waals surface area contributed by atoms with Crippen molar-refractivity contribution in [1.29, 1.82) is 0 Å². The van der Waals surface area contributed by atoms with E-state index in [2.05, 4.69) is 12.1 Å². The van der Waals surface area contributed by atoms with Crippen molar-refractivity contribution < 1.29 is 5.11 Å².